The lowest BCUT2D eigenvalue weighted by atomic mass is 10.1. The van der Waals surface area contributed by atoms with Gasteiger partial charge in [-0.25, -0.2) is 9.97 Å². The van der Waals surface area contributed by atoms with Crippen LogP contribution in [0.3, 0.4) is 0 Å². The molecule has 0 radical (unpaired) electrons. The third-order valence-electron chi connectivity index (χ3n) is 3.21. The minimum atomic E-state index is -0.551. The van der Waals surface area contributed by atoms with Gasteiger partial charge in [-0.1, -0.05) is 0 Å². The first-order valence-electron chi connectivity index (χ1n) is 6.99. The number of aryl methyl sites for hydroxylation is 1. The molecule has 0 aliphatic carbocycles. The van der Waals surface area contributed by atoms with Gasteiger partial charge in [0.1, 0.15) is 6.10 Å². The fourth-order valence-electron chi connectivity index (χ4n) is 1.99. The number of rotatable bonds is 5. The van der Waals surface area contributed by atoms with Gasteiger partial charge in [0.2, 0.25) is 5.95 Å². The second-order valence-electron chi connectivity index (χ2n) is 4.98. The van der Waals surface area contributed by atoms with E-state index in [1.54, 1.807) is 19.2 Å². The summed E-state index contributed by atoms with van der Waals surface area (Å²) in [6.07, 6.45) is 4.43. The van der Waals surface area contributed by atoms with Crippen LogP contribution in [-0.2, 0) is 14.3 Å². The van der Waals surface area contributed by atoms with Crippen LogP contribution in [0.2, 0.25) is 0 Å². The summed E-state index contributed by atoms with van der Waals surface area (Å²) in [5.74, 6) is 0.0609. The Labute approximate surface area is 118 Å². The van der Waals surface area contributed by atoms with Gasteiger partial charge in [0.05, 0.1) is 12.7 Å². The number of carbonyl (C=O) groups is 1. The SMILES string of the molecule is Cc1ccnc(NC(=O)[C@H](C)OC[C@@H]2CCCCO2)n1. The minimum Gasteiger partial charge on any atom is -0.376 e. The van der Waals surface area contributed by atoms with Crippen LogP contribution in [0.1, 0.15) is 31.9 Å². The van der Waals surface area contributed by atoms with E-state index in [1.165, 1.54) is 0 Å². The lowest BCUT2D eigenvalue weighted by molar-refractivity contribution is -0.130. The third-order valence-corrected chi connectivity index (χ3v) is 3.21. The first-order valence-corrected chi connectivity index (χ1v) is 6.99. The molecule has 2 rings (SSSR count). The Morgan fingerprint density at radius 2 is 2.45 bits per heavy atom. The highest BCUT2D eigenvalue weighted by molar-refractivity contribution is 5.92. The summed E-state index contributed by atoms with van der Waals surface area (Å²) in [4.78, 5) is 20.1. The average Bonchev–Trinajstić information content (AvgIpc) is 2.46. The molecule has 1 N–H and O–H groups in total. The maximum absolute atomic E-state index is 11.9. The molecule has 0 aromatic carbocycles. The standard InChI is InChI=1S/C14H21N3O3/c1-10-6-7-15-14(16-10)17-13(18)11(2)20-9-12-5-3-4-8-19-12/h6-7,11-12H,3-5,8-9H2,1-2H3,(H,15,16,17,18)/t11-,12-/m0/s1. The van der Waals surface area contributed by atoms with Crippen molar-refractivity contribution in [2.24, 2.45) is 0 Å². The molecule has 0 unspecified atom stereocenters. The molecule has 1 amide bonds. The number of aromatic nitrogens is 2. The molecule has 110 valence electrons. The first-order chi connectivity index (χ1) is 9.65. The number of ether oxygens (including phenoxy) is 2. The Balaban J connectivity index is 1.76. The van der Waals surface area contributed by atoms with E-state index in [9.17, 15) is 4.79 Å². The normalized spacial score (nSPS) is 20.4. The summed E-state index contributed by atoms with van der Waals surface area (Å²) in [6.45, 7) is 4.79. The smallest absolute Gasteiger partial charge is 0.255 e. The molecule has 1 saturated heterocycles. The second kappa shape index (κ2) is 7.31. The van der Waals surface area contributed by atoms with E-state index in [0.29, 0.717) is 12.6 Å². The highest BCUT2D eigenvalue weighted by Gasteiger charge is 2.19. The predicted octanol–water partition coefficient (Wildman–Crippen LogP) is 1.70. The number of amides is 1. The van der Waals surface area contributed by atoms with Crippen LogP contribution in [0.4, 0.5) is 5.95 Å². The monoisotopic (exact) mass is 279 g/mol. The molecule has 2 atom stereocenters. The first kappa shape index (κ1) is 14.9. The molecular formula is C14H21N3O3. The molecule has 1 aromatic heterocycles. The zero-order valence-corrected chi connectivity index (χ0v) is 12.0. The number of nitrogens with zero attached hydrogens (tertiary/aromatic N) is 2. The molecule has 6 nitrogen and oxygen atoms in total. The molecule has 0 bridgehead atoms. The number of anilines is 1. The van der Waals surface area contributed by atoms with Gasteiger partial charge in [-0.2, -0.15) is 0 Å². The van der Waals surface area contributed by atoms with E-state index in [-0.39, 0.29) is 12.0 Å². The van der Waals surface area contributed by atoms with Crippen molar-refractivity contribution in [2.45, 2.75) is 45.3 Å². The van der Waals surface area contributed by atoms with Gasteiger partial charge in [-0.3, -0.25) is 10.1 Å². The summed E-state index contributed by atoms with van der Waals surface area (Å²) in [5.41, 5.74) is 0.805. The Morgan fingerprint density at radius 1 is 1.60 bits per heavy atom. The van der Waals surface area contributed by atoms with Crippen molar-refractivity contribution in [3.05, 3.63) is 18.0 Å². The van der Waals surface area contributed by atoms with E-state index >= 15 is 0 Å². The van der Waals surface area contributed by atoms with Gasteiger partial charge in [-0.05, 0) is 39.2 Å². The summed E-state index contributed by atoms with van der Waals surface area (Å²) in [6, 6.07) is 1.77. The fraction of sp³-hybridized carbons (Fsp3) is 0.643. The summed E-state index contributed by atoms with van der Waals surface area (Å²) >= 11 is 0. The van der Waals surface area contributed by atoms with Crippen molar-refractivity contribution in [1.82, 2.24) is 9.97 Å². The maximum Gasteiger partial charge on any atom is 0.255 e. The molecule has 1 aromatic rings. The van der Waals surface area contributed by atoms with E-state index in [0.717, 1.165) is 31.6 Å². The molecule has 0 saturated carbocycles. The van der Waals surface area contributed by atoms with Gasteiger partial charge in [0.15, 0.2) is 0 Å². The zero-order chi connectivity index (χ0) is 14.4. The van der Waals surface area contributed by atoms with Crippen molar-refractivity contribution in [2.75, 3.05) is 18.5 Å². The maximum atomic E-state index is 11.9. The van der Waals surface area contributed by atoms with Crippen LogP contribution in [0.25, 0.3) is 0 Å². The number of carbonyl (C=O) groups excluding carboxylic acids is 1. The van der Waals surface area contributed by atoms with Crippen LogP contribution in [-0.4, -0.2) is 41.3 Å². The lowest BCUT2D eigenvalue weighted by Gasteiger charge is -2.23. The van der Waals surface area contributed by atoms with Crippen molar-refractivity contribution >= 4 is 11.9 Å². The van der Waals surface area contributed by atoms with Gasteiger partial charge in [0.25, 0.3) is 5.91 Å². The van der Waals surface area contributed by atoms with Gasteiger partial charge >= 0.3 is 0 Å². The minimum absolute atomic E-state index is 0.106. The Kier molecular flexibility index (Phi) is 5.43. The summed E-state index contributed by atoms with van der Waals surface area (Å²) in [7, 11) is 0. The number of hydrogen-bond donors (Lipinski definition) is 1. The molecule has 1 aliphatic rings. The van der Waals surface area contributed by atoms with E-state index in [4.69, 9.17) is 9.47 Å². The second-order valence-corrected chi connectivity index (χ2v) is 4.98. The van der Waals surface area contributed by atoms with Crippen LogP contribution >= 0.6 is 0 Å². The van der Waals surface area contributed by atoms with Crippen molar-refractivity contribution in [3.63, 3.8) is 0 Å². The van der Waals surface area contributed by atoms with E-state index < -0.39 is 6.10 Å². The summed E-state index contributed by atoms with van der Waals surface area (Å²) in [5, 5.41) is 2.64. The van der Waals surface area contributed by atoms with Gasteiger partial charge < -0.3 is 9.47 Å². The molecule has 2 heterocycles. The molecule has 6 heteroatoms. The highest BCUT2D eigenvalue weighted by atomic mass is 16.5. The average molecular weight is 279 g/mol. The van der Waals surface area contributed by atoms with Crippen molar-refractivity contribution in [1.29, 1.82) is 0 Å². The summed E-state index contributed by atoms with van der Waals surface area (Å²) < 4.78 is 11.1. The van der Waals surface area contributed by atoms with Crippen LogP contribution in [0.5, 0.6) is 0 Å². The van der Waals surface area contributed by atoms with Gasteiger partial charge in [0, 0.05) is 18.5 Å². The fourth-order valence-corrected chi connectivity index (χ4v) is 1.99. The largest absolute Gasteiger partial charge is 0.376 e. The third kappa shape index (κ3) is 4.54. The number of nitrogens with one attached hydrogen (secondary N) is 1. The quantitative estimate of drug-likeness (QED) is 0.888. The van der Waals surface area contributed by atoms with Crippen LogP contribution in [0.15, 0.2) is 12.3 Å². The molecule has 0 spiro atoms. The van der Waals surface area contributed by atoms with E-state index in [1.807, 2.05) is 6.92 Å². The molecule has 1 fully saturated rings. The zero-order valence-electron chi connectivity index (χ0n) is 12.0. The predicted molar refractivity (Wildman–Crippen MR) is 74.4 cm³/mol. The van der Waals surface area contributed by atoms with E-state index in [2.05, 4.69) is 15.3 Å². The number of hydrogen-bond acceptors (Lipinski definition) is 5. The molecular weight excluding hydrogens is 258 g/mol. The Bertz CT molecular complexity index is 447. The van der Waals surface area contributed by atoms with Gasteiger partial charge in [-0.15, -0.1) is 0 Å². The van der Waals surface area contributed by atoms with Crippen molar-refractivity contribution in [3.8, 4) is 0 Å². The molecule has 1 aliphatic heterocycles. The lowest BCUT2D eigenvalue weighted by Crippen LogP contribution is -2.33. The topological polar surface area (TPSA) is 73.3 Å². The van der Waals surface area contributed by atoms with Crippen molar-refractivity contribution < 1.29 is 14.3 Å². The Hall–Kier alpha value is -1.53. The van der Waals surface area contributed by atoms with Crippen LogP contribution < -0.4 is 5.32 Å². The molecule has 20 heavy (non-hydrogen) atoms. The highest BCUT2D eigenvalue weighted by Crippen LogP contribution is 2.13. The Morgan fingerprint density at radius 3 is 3.15 bits per heavy atom. The van der Waals surface area contributed by atoms with Crippen LogP contribution in [0, 0.1) is 6.92 Å².